The van der Waals surface area contributed by atoms with Crippen LogP contribution in [0.15, 0.2) is 48.5 Å². The summed E-state index contributed by atoms with van der Waals surface area (Å²) in [4.78, 5) is 24.3. The van der Waals surface area contributed by atoms with Crippen molar-refractivity contribution in [3.05, 3.63) is 70.3 Å². The van der Waals surface area contributed by atoms with Crippen LogP contribution in [0.2, 0.25) is 5.02 Å². The molecule has 2 aromatic rings. The molecule has 9 heteroatoms. The highest BCUT2D eigenvalue weighted by atomic mass is 35.5. The molecule has 5 nitrogen and oxygen atoms in total. The Morgan fingerprint density at radius 1 is 1.16 bits per heavy atom. The molecule has 0 saturated heterocycles. The summed E-state index contributed by atoms with van der Waals surface area (Å²) in [5.41, 5.74) is -0.0573. The van der Waals surface area contributed by atoms with Crippen molar-refractivity contribution in [2.45, 2.75) is 19.5 Å². The van der Waals surface area contributed by atoms with Gasteiger partial charge in [0, 0.05) is 37.1 Å². The van der Waals surface area contributed by atoms with Gasteiger partial charge in [-0.2, -0.15) is 13.2 Å². The second-order valence-electron chi connectivity index (χ2n) is 6.45. The van der Waals surface area contributed by atoms with Crippen molar-refractivity contribution < 1.29 is 27.5 Å². The van der Waals surface area contributed by atoms with Gasteiger partial charge in [0.15, 0.2) is 0 Å². The van der Waals surface area contributed by atoms with Crippen LogP contribution in [0.1, 0.15) is 34.8 Å². The zero-order valence-corrected chi connectivity index (χ0v) is 17.5. The first kappa shape index (κ1) is 24.4. The van der Waals surface area contributed by atoms with E-state index in [2.05, 4.69) is 10.6 Å². The summed E-state index contributed by atoms with van der Waals surface area (Å²) in [5.74, 6) is -0.846. The lowest BCUT2D eigenvalue weighted by Crippen LogP contribution is -2.25. The lowest BCUT2D eigenvalue weighted by Gasteiger charge is -2.09. The van der Waals surface area contributed by atoms with E-state index in [1.165, 1.54) is 18.2 Å². The van der Waals surface area contributed by atoms with E-state index in [4.69, 9.17) is 16.3 Å². The van der Waals surface area contributed by atoms with Gasteiger partial charge in [-0.3, -0.25) is 9.59 Å². The third-order valence-corrected chi connectivity index (χ3v) is 4.40. The average Bonchev–Trinajstić information content (AvgIpc) is 2.72. The lowest BCUT2D eigenvalue weighted by atomic mass is 10.1. The number of nitrogens with one attached hydrogen (secondary N) is 2. The Hall–Kier alpha value is -2.84. The van der Waals surface area contributed by atoms with Gasteiger partial charge < -0.3 is 15.4 Å². The number of anilines is 1. The Bertz CT molecular complexity index is 946. The van der Waals surface area contributed by atoms with Gasteiger partial charge in [0.1, 0.15) is 0 Å². The number of hydrogen-bond acceptors (Lipinski definition) is 3. The molecular weight excluding hydrogens is 433 g/mol. The molecule has 0 spiro atoms. The minimum atomic E-state index is -4.59. The monoisotopic (exact) mass is 454 g/mol. The van der Waals surface area contributed by atoms with E-state index in [1.807, 2.05) is 6.92 Å². The van der Waals surface area contributed by atoms with E-state index in [-0.39, 0.29) is 11.5 Å². The third-order valence-electron chi connectivity index (χ3n) is 4.07. The molecule has 2 rings (SSSR count). The number of carbonyl (C=O) groups excluding carboxylic acids is 2. The summed E-state index contributed by atoms with van der Waals surface area (Å²) >= 11 is 5.58. The summed E-state index contributed by atoms with van der Waals surface area (Å²) in [6.07, 6.45) is -1.56. The highest BCUT2D eigenvalue weighted by molar-refractivity contribution is 6.31. The SMILES string of the molecule is CCOCCCNC(=O)c1cccc(NC(=O)C=Cc2ccc(Cl)c(C(F)(F)F)c2)c1. The Kier molecular flexibility index (Phi) is 9.08. The Morgan fingerprint density at radius 2 is 1.94 bits per heavy atom. The van der Waals surface area contributed by atoms with Crippen molar-refractivity contribution in [2.75, 3.05) is 25.1 Å². The third kappa shape index (κ3) is 8.07. The Labute approximate surface area is 183 Å². The fraction of sp³-hybridized carbons (Fsp3) is 0.273. The highest BCUT2D eigenvalue weighted by Gasteiger charge is 2.33. The summed E-state index contributed by atoms with van der Waals surface area (Å²) in [6.45, 7) is 3.52. The van der Waals surface area contributed by atoms with Crippen molar-refractivity contribution in [1.82, 2.24) is 5.32 Å². The Balaban J connectivity index is 1.97. The summed E-state index contributed by atoms with van der Waals surface area (Å²) < 4.78 is 44.0. The van der Waals surface area contributed by atoms with Crippen molar-refractivity contribution >= 4 is 35.2 Å². The van der Waals surface area contributed by atoms with Crippen LogP contribution in [0, 0.1) is 0 Å². The van der Waals surface area contributed by atoms with Crippen LogP contribution < -0.4 is 10.6 Å². The molecule has 0 fully saturated rings. The topological polar surface area (TPSA) is 67.4 Å². The van der Waals surface area contributed by atoms with Crippen molar-refractivity contribution in [3.8, 4) is 0 Å². The zero-order valence-electron chi connectivity index (χ0n) is 16.8. The molecule has 166 valence electrons. The molecule has 0 aliphatic carbocycles. The summed E-state index contributed by atoms with van der Waals surface area (Å²) in [6, 6.07) is 9.69. The number of amides is 2. The van der Waals surface area contributed by atoms with Gasteiger partial charge >= 0.3 is 6.18 Å². The number of hydrogen-bond donors (Lipinski definition) is 2. The maximum Gasteiger partial charge on any atom is 0.417 e. The molecule has 31 heavy (non-hydrogen) atoms. The van der Waals surface area contributed by atoms with Gasteiger partial charge in [-0.1, -0.05) is 23.7 Å². The number of carbonyl (C=O) groups is 2. The zero-order chi connectivity index (χ0) is 22.9. The van der Waals surface area contributed by atoms with Crippen LogP contribution >= 0.6 is 11.6 Å². The number of halogens is 4. The van der Waals surface area contributed by atoms with Crippen LogP contribution in [-0.4, -0.2) is 31.6 Å². The maximum absolute atomic E-state index is 12.9. The molecule has 0 saturated carbocycles. The van der Waals surface area contributed by atoms with E-state index in [9.17, 15) is 22.8 Å². The summed E-state index contributed by atoms with van der Waals surface area (Å²) in [7, 11) is 0. The molecular formula is C22H22ClF3N2O3. The van der Waals surface area contributed by atoms with Crippen LogP contribution in [-0.2, 0) is 15.7 Å². The molecule has 0 atom stereocenters. The summed E-state index contributed by atoms with van der Waals surface area (Å²) in [5, 5.41) is 4.92. The first-order valence-corrected chi connectivity index (χ1v) is 9.90. The lowest BCUT2D eigenvalue weighted by molar-refractivity contribution is -0.137. The molecule has 0 unspecified atom stereocenters. The van der Waals surface area contributed by atoms with Gasteiger partial charge in [-0.25, -0.2) is 0 Å². The normalized spacial score (nSPS) is 11.5. The number of ether oxygens (including phenoxy) is 1. The minimum absolute atomic E-state index is 0.173. The van der Waals surface area contributed by atoms with Gasteiger partial charge in [-0.15, -0.1) is 0 Å². The van der Waals surface area contributed by atoms with Gasteiger partial charge in [0.05, 0.1) is 10.6 Å². The maximum atomic E-state index is 12.9. The van der Waals surface area contributed by atoms with Crippen LogP contribution in [0.4, 0.5) is 18.9 Å². The van der Waals surface area contributed by atoms with Crippen molar-refractivity contribution in [2.24, 2.45) is 0 Å². The fourth-order valence-electron chi connectivity index (χ4n) is 2.58. The Morgan fingerprint density at radius 3 is 2.65 bits per heavy atom. The van der Waals surface area contributed by atoms with E-state index >= 15 is 0 Å². The predicted octanol–water partition coefficient (Wildman–Crippen LogP) is 5.17. The van der Waals surface area contributed by atoms with Gasteiger partial charge in [0.2, 0.25) is 5.91 Å². The molecule has 0 aliphatic heterocycles. The second-order valence-corrected chi connectivity index (χ2v) is 6.85. The molecule has 0 aromatic heterocycles. The number of alkyl halides is 3. The first-order chi connectivity index (χ1) is 14.7. The molecule has 0 radical (unpaired) electrons. The van der Waals surface area contributed by atoms with E-state index < -0.39 is 22.7 Å². The number of benzene rings is 2. The standard InChI is InChI=1S/C22H22ClF3N2O3/c1-2-31-12-4-11-27-21(30)16-5-3-6-17(14-16)28-20(29)10-8-15-7-9-19(23)18(13-15)22(24,25)26/h3,5-10,13-14H,2,4,11-12H2,1H3,(H,27,30)(H,28,29). The van der Waals surface area contributed by atoms with E-state index in [1.54, 1.807) is 18.2 Å². The average molecular weight is 455 g/mol. The van der Waals surface area contributed by atoms with Crippen molar-refractivity contribution in [1.29, 1.82) is 0 Å². The number of rotatable bonds is 9. The first-order valence-electron chi connectivity index (χ1n) is 9.52. The smallest absolute Gasteiger partial charge is 0.382 e. The second kappa shape index (κ2) is 11.5. The fourth-order valence-corrected chi connectivity index (χ4v) is 2.81. The largest absolute Gasteiger partial charge is 0.417 e. The molecule has 0 aliphatic rings. The highest BCUT2D eigenvalue weighted by Crippen LogP contribution is 2.35. The molecule has 2 aromatic carbocycles. The molecule has 2 amide bonds. The molecule has 2 N–H and O–H groups in total. The van der Waals surface area contributed by atoms with Gasteiger partial charge in [-0.05, 0) is 55.3 Å². The quantitative estimate of drug-likeness (QED) is 0.406. The molecule has 0 bridgehead atoms. The van der Waals surface area contributed by atoms with Gasteiger partial charge in [0.25, 0.3) is 5.91 Å². The van der Waals surface area contributed by atoms with Crippen LogP contribution in [0.5, 0.6) is 0 Å². The minimum Gasteiger partial charge on any atom is -0.382 e. The predicted molar refractivity (Wildman–Crippen MR) is 114 cm³/mol. The van der Waals surface area contributed by atoms with Crippen molar-refractivity contribution in [3.63, 3.8) is 0 Å². The van der Waals surface area contributed by atoms with Crippen LogP contribution in [0.25, 0.3) is 6.08 Å². The van der Waals surface area contributed by atoms with Crippen LogP contribution in [0.3, 0.4) is 0 Å². The van der Waals surface area contributed by atoms with E-state index in [0.717, 1.165) is 18.2 Å². The molecule has 0 heterocycles. The van der Waals surface area contributed by atoms with E-state index in [0.29, 0.717) is 37.4 Å².